The van der Waals surface area contributed by atoms with Gasteiger partial charge in [0.1, 0.15) is 12.1 Å². The van der Waals surface area contributed by atoms with Gasteiger partial charge in [-0.15, -0.1) is 0 Å². The Kier molecular flexibility index (Phi) is 4.15. The van der Waals surface area contributed by atoms with Crippen LogP contribution in [0.1, 0.15) is 16.8 Å². The Labute approximate surface area is 132 Å². The molecule has 23 heavy (non-hydrogen) atoms. The first-order valence-electron chi connectivity index (χ1n) is 7.17. The van der Waals surface area contributed by atoms with Crippen molar-refractivity contribution in [2.45, 2.75) is 6.42 Å². The fourth-order valence-electron chi connectivity index (χ4n) is 2.23. The Morgan fingerprint density at radius 2 is 2.04 bits per heavy atom. The molecule has 118 valence electrons. The average molecular weight is 312 g/mol. The van der Waals surface area contributed by atoms with Crippen molar-refractivity contribution < 1.29 is 9.90 Å². The van der Waals surface area contributed by atoms with E-state index < -0.39 is 5.97 Å². The number of carbonyl (C=O) groups is 1. The number of hydrogen-bond donors (Lipinski definition) is 3. The van der Waals surface area contributed by atoms with Gasteiger partial charge in [-0.25, -0.2) is 19.4 Å². The lowest BCUT2D eigenvalue weighted by Crippen LogP contribution is -2.09. The van der Waals surface area contributed by atoms with Crippen molar-refractivity contribution in [2.24, 2.45) is 5.73 Å². The summed E-state index contributed by atoms with van der Waals surface area (Å²) in [6.07, 6.45) is 4.00. The standard InChI is InChI=1S/C15H16N6O2/c16-6-1-7-17-13-12-8-20-21(14(12)19-9-18-13)11-4-2-10(3-5-11)15(22)23/h2-5,8-9H,1,6-7,16H2,(H,22,23)(H,17,18,19). The van der Waals surface area contributed by atoms with E-state index in [0.29, 0.717) is 18.0 Å². The van der Waals surface area contributed by atoms with Gasteiger partial charge in [0, 0.05) is 6.54 Å². The predicted molar refractivity (Wildman–Crippen MR) is 85.8 cm³/mol. The van der Waals surface area contributed by atoms with Crippen molar-refractivity contribution in [3.8, 4) is 5.69 Å². The van der Waals surface area contributed by atoms with Crippen molar-refractivity contribution in [3.05, 3.63) is 42.4 Å². The topological polar surface area (TPSA) is 119 Å². The maximum atomic E-state index is 10.9. The second-order valence-electron chi connectivity index (χ2n) is 4.94. The summed E-state index contributed by atoms with van der Waals surface area (Å²) in [6, 6.07) is 6.46. The number of hydrogen-bond acceptors (Lipinski definition) is 6. The van der Waals surface area contributed by atoms with E-state index in [4.69, 9.17) is 10.8 Å². The lowest BCUT2D eigenvalue weighted by atomic mass is 10.2. The van der Waals surface area contributed by atoms with Crippen LogP contribution in [0.3, 0.4) is 0 Å². The SMILES string of the molecule is NCCCNc1ncnc2c1cnn2-c1ccc(C(=O)O)cc1. The number of nitrogens with zero attached hydrogens (tertiary/aromatic N) is 4. The van der Waals surface area contributed by atoms with Crippen LogP contribution >= 0.6 is 0 Å². The number of fused-ring (bicyclic) bond motifs is 1. The van der Waals surface area contributed by atoms with E-state index in [9.17, 15) is 4.79 Å². The summed E-state index contributed by atoms with van der Waals surface area (Å²) in [6.45, 7) is 1.33. The smallest absolute Gasteiger partial charge is 0.335 e. The Bertz CT molecular complexity index is 828. The number of aromatic carboxylic acids is 1. The van der Waals surface area contributed by atoms with Crippen LogP contribution in [0.2, 0.25) is 0 Å². The average Bonchev–Trinajstić information content (AvgIpc) is 3.00. The highest BCUT2D eigenvalue weighted by Gasteiger charge is 2.11. The third-order valence-corrected chi connectivity index (χ3v) is 3.40. The quantitative estimate of drug-likeness (QED) is 0.586. The minimum atomic E-state index is -0.962. The number of aromatic nitrogens is 4. The normalized spacial score (nSPS) is 10.8. The summed E-state index contributed by atoms with van der Waals surface area (Å²) in [5.74, 6) is -0.257. The van der Waals surface area contributed by atoms with Crippen LogP contribution in [0.15, 0.2) is 36.8 Å². The van der Waals surface area contributed by atoms with Crippen LogP contribution in [0.4, 0.5) is 5.82 Å². The van der Waals surface area contributed by atoms with Gasteiger partial charge in [-0.05, 0) is 37.2 Å². The van der Waals surface area contributed by atoms with Crippen LogP contribution in [-0.4, -0.2) is 43.9 Å². The van der Waals surface area contributed by atoms with Crippen molar-refractivity contribution >= 4 is 22.8 Å². The molecule has 0 aliphatic carbocycles. The van der Waals surface area contributed by atoms with E-state index in [0.717, 1.165) is 24.0 Å². The number of rotatable bonds is 6. The third-order valence-electron chi connectivity index (χ3n) is 3.40. The Hall–Kier alpha value is -3.00. The maximum absolute atomic E-state index is 10.9. The van der Waals surface area contributed by atoms with Gasteiger partial charge in [0.2, 0.25) is 0 Å². The fourth-order valence-corrected chi connectivity index (χ4v) is 2.23. The summed E-state index contributed by atoms with van der Waals surface area (Å²) in [5, 5.41) is 17.3. The lowest BCUT2D eigenvalue weighted by molar-refractivity contribution is 0.0697. The molecule has 0 radical (unpaired) electrons. The molecule has 0 saturated heterocycles. The van der Waals surface area contributed by atoms with Gasteiger partial charge in [0.25, 0.3) is 0 Å². The summed E-state index contributed by atoms with van der Waals surface area (Å²) in [4.78, 5) is 19.4. The van der Waals surface area contributed by atoms with E-state index in [1.54, 1.807) is 23.0 Å². The van der Waals surface area contributed by atoms with Crippen molar-refractivity contribution in [1.82, 2.24) is 19.7 Å². The van der Waals surface area contributed by atoms with E-state index in [1.807, 2.05) is 0 Å². The highest BCUT2D eigenvalue weighted by molar-refractivity contribution is 5.89. The summed E-state index contributed by atoms with van der Waals surface area (Å²) < 4.78 is 1.65. The molecule has 2 aromatic heterocycles. The van der Waals surface area contributed by atoms with Crippen molar-refractivity contribution in [3.63, 3.8) is 0 Å². The first-order valence-corrected chi connectivity index (χ1v) is 7.17. The molecular formula is C15H16N6O2. The molecular weight excluding hydrogens is 296 g/mol. The third kappa shape index (κ3) is 2.97. The van der Waals surface area contributed by atoms with Gasteiger partial charge in [0.15, 0.2) is 5.65 Å². The van der Waals surface area contributed by atoms with Crippen LogP contribution in [0.25, 0.3) is 16.7 Å². The first-order chi connectivity index (χ1) is 11.2. The lowest BCUT2D eigenvalue weighted by Gasteiger charge is -2.06. The summed E-state index contributed by atoms with van der Waals surface area (Å²) in [7, 11) is 0. The molecule has 0 aliphatic heterocycles. The van der Waals surface area contributed by atoms with E-state index >= 15 is 0 Å². The Morgan fingerprint density at radius 1 is 1.26 bits per heavy atom. The fraction of sp³-hybridized carbons (Fsp3) is 0.200. The molecule has 3 rings (SSSR count). The largest absolute Gasteiger partial charge is 0.478 e. The van der Waals surface area contributed by atoms with Gasteiger partial charge in [-0.1, -0.05) is 0 Å². The second-order valence-corrected chi connectivity index (χ2v) is 4.94. The van der Waals surface area contributed by atoms with Gasteiger partial charge < -0.3 is 16.2 Å². The number of anilines is 1. The molecule has 0 amide bonds. The maximum Gasteiger partial charge on any atom is 0.335 e. The Morgan fingerprint density at radius 3 is 2.74 bits per heavy atom. The highest BCUT2D eigenvalue weighted by atomic mass is 16.4. The van der Waals surface area contributed by atoms with E-state index in [1.165, 1.54) is 18.5 Å². The first kappa shape index (κ1) is 14.9. The van der Waals surface area contributed by atoms with Gasteiger partial charge >= 0.3 is 5.97 Å². The molecule has 0 unspecified atom stereocenters. The number of nitrogens with two attached hydrogens (primary N) is 1. The summed E-state index contributed by atoms with van der Waals surface area (Å²) in [5.41, 5.74) is 7.10. The van der Waals surface area contributed by atoms with Gasteiger partial charge in [0.05, 0.1) is 22.8 Å². The number of nitrogens with one attached hydrogen (secondary N) is 1. The summed E-state index contributed by atoms with van der Waals surface area (Å²) >= 11 is 0. The zero-order chi connectivity index (χ0) is 16.2. The molecule has 0 atom stereocenters. The highest BCUT2D eigenvalue weighted by Crippen LogP contribution is 2.21. The van der Waals surface area contributed by atoms with E-state index in [2.05, 4.69) is 20.4 Å². The predicted octanol–water partition coefficient (Wildman–Crippen LogP) is 1.27. The zero-order valence-electron chi connectivity index (χ0n) is 12.3. The molecule has 1 aromatic carbocycles. The van der Waals surface area contributed by atoms with Crippen molar-refractivity contribution in [2.75, 3.05) is 18.4 Å². The molecule has 8 nitrogen and oxygen atoms in total. The van der Waals surface area contributed by atoms with Crippen molar-refractivity contribution in [1.29, 1.82) is 0 Å². The van der Waals surface area contributed by atoms with Crippen LogP contribution in [0, 0.1) is 0 Å². The minimum absolute atomic E-state index is 0.226. The molecule has 8 heteroatoms. The molecule has 2 heterocycles. The molecule has 0 saturated carbocycles. The number of benzene rings is 1. The van der Waals surface area contributed by atoms with Gasteiger partial charge in [-0.3, -0.25) is 0 Å². The molecule has 0 bridgehead atoms. The molecule has 3 aromatic rings. The molecule has 0 spiro atoms. The van der Waals surface area contributed by atoms with Crippen LogP contribution < -0.4 is 11.1 Å². The van der Waals surface area contributed by atoms with E-state index in [-0.39, 0.29) is 5.56 Å². The second kappa shape index (κ2) is 6.41. The van der Waals surface area contributed by atoms with Crippen LogP contribution in [0.5, 0.6) is 0 Å². The molecule has 4 N–H and O–H groups in total. The molecule has 0 aliphatic rings. The van der Waals surface area contributed by atoms with Gasteiger partial charge in [-0.2, -0.15) is 5.10 Å². The number of carboxylic acid groups (broad SMARTS) is 1. The monoisotopic (exact) mass is 312 g/mol. The minimum Gasteiger partial charge on any atom is -0.478 e. The van der Waals surface area contributed by atoms with Crippen LogP contribution in [-0.2, 0) is 0 Å². The Balaban J connectivity index is 1.96. The number of carboxylic acids is 1. The zero-order valence-corrected chi connectivity index (χ0v) is 12.3. The molecule has 0 fully saturated rings.